The summed E-state index contributed by atoms with van der Waals surface area (Å²) >= 11 is 0. The van der Waals surface area contributed by atoms with Crippen molar-refractivity contribution in [2.75, 3.05) is 19.0 Å². The molecule has 1 rings (SSSR count). The lowest BCUT2D eigenvalue weighted by Crippen LogP contribution is -2.43. The number of sulfonamides is 1. The zero-order valence-corrected chi connectivity index (χ0v) is 8.87. The van der Waals surface area contributed by atoms with Crippen molar-refractivity contribution in [2.45, 2.75) is 6.04 Å². The van der Waals surface area contributed by atoms with Gasteiger partial charge in [0, 0.05) is 0 Å². The van der Waals surface area contributed by atoms with E-state index in [0.717, 1.165) is 0 Å². The molecule has 2 atom stereocenters. The van der Waals surface area contributed by atoms with Crippen LogP contribution in [0.5, 0.6) is 0 Å². The van der Waals surface area contributed by atoms with Gasteiger partial charge in [-0.1, -0.05) is 6.08 Å². The van der Waals surface area contributed by atoms with Crippen LogP contribution in [0.15, 0.2) is 12.7 Å². The fraction of sp³-hybridized carbons (Fsp3) is 0.625. The smallest absolute Gasteiger partial charge is 0.310 e. The first-order valence-electron chi connectivity index (χ1n) is 4.37. The summed E-state index contributed by atoms with van der Waals surface area (Å²) in [5, 5.41) is 8.78. The van der Waals surface area contributed by atoms with Crippen molar-refractivity contribution in [3.05, 3.63) is 12.7 Å². The van der Waals surface area contributed by atoms with Gasteiger partial charge in [0.25, 0.3) is 0 Å². The topological polar surface area (TPSA) is 92.7 Å². The van der Waals surface area contributed by atoms with Crippen molar-refractivity contribution in [1.29, 1.82) is 0 Å². The van der Waals surface area contributed by atoms with Crippen molar-refractivity contribution in [3.63, 3.8) is 0 Å². The average molecular weight is 235 g/mol. The summed E-state index contributed by atoms with van der Waals surface area (Å²) in [5.41, 5.74) is 0. The molecular weight excluding hydrogens is 222 g/mol. The maximum atomic E-state index is 11.3. The number of carboxylic acids is 1. The molecule has 1 heterocycles. The minimum Gasteiger partial charge on any atom is -0.481 e. The molecule has 0 radical (unpaired) electrons. The molecule has 6 nitrogen and oxygen atoms in total. The van der Waals surface area contributed by atoms with Gasteiger partial charge in [0.15, 0.2) is 0 Å². The molecule has 1 aliphatic heterocycles. The lowest BCUT2D eigenvalue weighted by molar-refractivity contribution is -0.142. The molecule has 0 aromatic carbocycles. The molecule has 0 bridgehead atoms. The van der Waals surface area contributed by atoms with Crippen LogP contribution in [0.25, 0.3) is 0 Å². The van der Waals surface area contributed by atoms with Crippen LogP contribution < -0.4 is 4.72 Å². The summed E-state index contributed by atoms with van der Waals surface area (Å²) in [4.78, 5) is 10.7. The Labute approximate surface area is 88.0 Å². The van der Waals surface area contributed by atoms with Gasteiger partial charge in [-0.15, -0.1) is 6.58 Å². The van der Waals surface area contributed by atoms with Gasteiger partial charge in [-0.2, -0.15) is 0 Å². The number of nitrogens with one attached hydrogen (secondary N) is 1. The lowest BCUT2D eigenvalue weighted by Gasteiger charge is -2.14. The largest absolute Gasteiger partial charge is 0.481 e. The van der Waals surface area contributed by atoms with Gasteiger partial charge >= 0.3 is 5.97 Å². The minimum absolute atomic E-state index is 0.0383. The van der Waals surface area contributed by atoms with Crippen LogP contribution in [-0.4, -0.2) is 44.5 Å². The number of carbonyl (C=O) groups is 1. The quantitative estimate of drug-likeness (QED) is 0.608. The van der Waals surface area contributed by atoms with Crippen LogP contribution in [0.1, 0.15) is 0 Å². The van der Waals surface area contributed by atoms with E-state index >= 15 is 0 Å². The Kier molecular flexibility index (Phi) is 3.83. The highest BCUT2D eigenvalue weighted by Crippen LogP contribution is 2.14. The van der Waals surface area contributed by atoms with Crippen LogP contribution in [-0.2, 0) is 19.6 Å². The van der Waals surface area contributed by atoms with Crippen molar-refractivity contribution >= 4 is 16.0 Å². The second-order valence-corrected chi connectivity index (χ2v) is 5.08. The van der Waals surface area contributed by atoms with E-state index in [2.05, 4.69) is 11.3 Å². The van der Waals surface area contributed by atoms with E-state index in [9.17, 15) is 13.2 Å². The molecule has 0 aliphatic carbocycles. The summed E-state index contributed by atoms with van der Waals surface area (Å²) in [5.74, 6) is -2.10. The summed E-state index contributed by atoms with van der Waals surface area (Å²) in [6.45, 7) is 3.44. The third-order valence-corrected chi connectivity index (χ3v) is 3.40. The molecular formula is C8H13NO5S. The van der Waals surface area contributed by atoms with Crippen molar-refractivity contribution in [1.82, 2.24) is 4.72 Å². The molecule has 86 valence electrons. The Bertz CT molecular complexity index is 350. The molecule has 0 amide bonds. The third kappa shape index (κ3) is 3.29. The normalized spacial score (nSPS) is 26.4. The van der Waals surface area contributed by atoms with E-state index in [1.165, 1.54) is 6.08 Å². The van der Waals surface area contributed by atoms with Gasteiger partial charge < -0.3 is 9.84 Å². The Morgan fingerprint density at radius 1 is 1.60 bits per heavy atom. The van der Waals surface area contributed by atoms with E-state index in [1.807, 2.05) is 0 Å². The van der Waals surface area contributed by atoms with E-state index in [-0.39, 0.29) is 19.0 Å². The van der Waals surface area contributed by atoms with Crippen LogP contribution in [0.2, 0.25) is 0 Å². The monoisotopic (exact) mass is 235 g/mol. The Morgan fingerprint density at radius 2 is 2.27 bits per heavy atom. The Balaban J connectivity index is 2.65. The zero-order valence-electron chi connectivity index (χ0n) is 8.05. The lowest BCUT2D eigenvalue weighted by atomic mass is 10.1. The number of ether oxygens (including phenoxy) is 1. The second-order valence-electron chi connectivity index (χ2n) is 3.28. The van der Waals surface area contributed by atoms with E-state index < -0.39 is 28.0 Å². The van der Waals surface area contributed by atoms with Gasteiger partial charge in [-0.3, -0.25) is 4.79 Å². The highest BCUT2D eigenvalue weighted by Gasteiger charge is 2.36. The molecule has 15 heavy (non-hydrogen) atoms. The molecule has 2 N–H and O–H groups in total. The fourth-order valence-corrected chi connectivity index (χ4v) is 2.45. The Morgan fingerprint density at radius 3 is 2.80 bits per heavy atom. The van der Waals surface area contributed by atoms with Gasteiger partial charge in [0.05, 0.1) is 30.9 Å². The van der Waals surface area contributed by atoms with Gasteiger partial charge in [-0.05, 0) is 0 Å². The number of hydrogen-bond donors (Lipinski definition) is 2. The molecule has 0 spiro atoms. The first-order valence-corrected chi connectivity index (χ1v) is 6.03. The number of rotatable bonds is 5. The molecule has 1 aliphatic rings. The predicted molar refractivity (Wildman–Crippen MR) is 52.9 cm³/mol. The van der Waals surface area contributed by atoms with Gasteiger partial charge in [0.1, 0.15) is 0 Å². The maximum Gasteiger partial charge on any atom is 0.310 e. The molecule has 1 fully saturated rings. The van der Waals surface area contributed by atoms with Crippen molar-refractivity contribution in [2.24, 2.45) is 5.92 Å². The molecule has 2 unspecified atom stereocenters. The first kappa shape index (κ1) is 12.2. The Hall–Kier alpha value is -0.920. The maximum absolute atomic E-state index is 11.3. The van der Waals surface area contributed by atoms with Crippen LogP contribution in [0.3, 0.4) is 0 Å². The SMILES string of the molecule is C=CCS(=O)(=O)NC1COCC1C(=O)O. The van der Waals surface area contributed by atoms with E-state index in [4.69, 9.17) is 9.84 Å². The minimum atomic E-state index is -3.49. The number of carboxylic acid groups (broad SMARTS) is 1. The first-order chi connectivity index (χ1) is 6.96. The van der Waals surface area contributed by atoms with Gasteiger partial charge in [0.2, 0.25) is 10.0 Å². The van der Waals surface area contributed by atoms with Crippen LogP contribution in [0.4, 0.5) is 0 Å². The molecule has 0 aromatic heterocycles. The summed E-state index contributed by atoms with van der Waals surface area (Å²) < 4.78 is 29.9. The summed E-state index contributed by atoms with van der Waals surface area (Å²) in [6, 6.07) is -0.688. The summed E-state index contributed by atoms with van der Waals surface area (Å²) in [6.07, 6.45) is 1.24. The third-order valence-electron chi connectivity index (χ3n) is 2.07. The average Bonchev–Trinajstić information content (AvgIpc) is 2.50. The zero-order chi connectivity index (χ0) is 11.5. The highest BCUT2D eigenvalue weighted by molar-refractivity contribution is 7.89. The van der Waals surface area contributed by atoms with E-state index in [1.54, 1.807) is 0 Å². The van der Waals surface area contributed by atoms with Crippen LogP contribution in [0, 0.1) is 5.92 Å². The molecule has 0 aromatic rings. The van der Waals surface area contributed by atoms with Gasteiger partial charge in [-0.25, -0.2) is 13.1 Å². The number of aliphatic carboxylic acids is 1. The molecule has 7 heteroatoms. The predicted octanol–water partition coefficient (Wildman–Crippen LogP) is -0.809. The fourth-order valence-electron chi connectivity index (χ4n) is 1.35. The highest BCUT2D eigenvalue weighted by atomic mass is 32.2. The molecule has 0 saturated carbocycles. The van der Waals surface area contributed by atoms with Crippen molar-refractivity contribution < 1.29 is 23.1 Å². The summed E-state index contributed by atoms with van der Waals surface area (Å²) in [7, 11) is -3.49. The number of hydrogen-bond acceptors (Lipinski definition) is 4. The molecule has 1 saturated heterocycles. The van der Waals surface area contributed by atoms with Crippen molar-refractivity contribution in [3.8, 4) is 0 Å². The standard InChI is InChI=1S/C8H13NO5S/c1-2-3-15(12,13)9-7-5-14-4-6(7)8(10)11/h2,6-7,9H,1,3-5H2,(H,10,11). The van der Waals surface area contributed by atoms with E-state index in [0.29, 0.717) is 0 Å². The van der Waals surface area contributed by atoms with Crippen LogP contribution >= 0.6 is 0 Å². The second kappa shape index (κ2) is 4.73.